The lowest BCUT2D eigenvalue weighted by atomic mass is 10.2. The Balaban J connectivity index is 1.38. The van der Waals surface area contributed by atoms with Crippen LogP contribution in [0.3, 0.4) is 0 Å². The van der Waals surface area contributed by atoms with Gasteiger partial charge in [0.2, 0.25) is 0 Å². The molecule has 2 N–H and O–H groups in total. The number of carbonyl (C=O) groups excluding carboxylic acids is 1. The molecule has 7 nitrogen and oxygen atoms in total. The summed E-state index contributed by atoms with van der Waals surface area (Å²) in [6, 6.07) is 22.2. The van der Waals surface area contributed by atoms with Gasteiger partial charge < -0.3 is 14.7 Å². The first-order valence-electron chi connectivity index (χ1n) is 10.3. The van der Waals surface area contributed by atoms with Crippen LogP contribution in [-0.4, -0.2) is 24.3 Å². The van der Waals surface area contributed by atoms with Gasteiger partial charge in [0, 0.05) is 16.8 Å². The standard InChI is InChI=1S/C25H18ClN3O4S/c26-20-9-5-4-8-19(20)24-28-21-11-10-17(14-22(21)29-24)27-25(30)23-16(12-13-33-23)15-34(31,32)18-6-2-1-3-7-18/h1-14H,15H2,(H,27,30)(H,28,29). The number of anilines is 1. The minimum atomic E-state index is -3.63. The second kappa shape index (κ2) is 8.81. The molecule has 2 aromatic heterocycles. The number of H-pyrrole nitrogens is 1. The van der Waals surface area contributed by atoms with E-state index in [1.807, 2.05) is 18.2 Å². The molecule has 0 aliphatic heterocycles. The van der Waals surface area contributed by atoms with E-state index >= 15 is 0 Å². The fourth-order valence-electron chi connectivity index (χ4n) is 3.62. The number of rotatable bonds is 6. The van der Waals surface area contributed by atoms with E-state index in [1.54, 1.807) is 42.5 Å². The number of aromatic amines is 1. The van der Waals surface area contributed by atoms with Crippen molar-refractivity contribution in [2.24, 2.45) is 0 Å². The van der Waals surface area contributed by atoms with Gasteiger partial charge in [0.15, 0.2) is 15.6 Å². The predicted molar refractivity (Wildman–Crippen MR) is 131 cm³/mol. The van der Waals surface area contributed by atoms with Crippen LogP contribution in [-0.2, 0) is 15.6 Å². The van der Waals surface area contributed by atoms with E-state index < -0.39 is 15.7 Å². The third-order valence-electron chi connectivity index (χ3n) is 5.27. The zero-order valence-corrected chi connectivity index (χ0v) is 19.2. The molecular formula is C25H18ClN3O4S. The van der Waals surface area contributed by atoms with Gasteiger partial charge in [-0.2, -0.15) is 0 Å². The molecule has 34 heavy (non-hydrogen) atoms. The molecular weight excluding hydrogens is 474 g/mol. The Morgan fingerprint density at radius 3 is 2.56 bits per heavy atom. The molecule has 0 saturated carbocycles. The molecule has 9 heteroatoms. The first kappa shape index (κ1) is 21.9. The molecule has 1 amide bonds. The van der Waals surface area contributed by atoms with Crippen molar-refractivity contribution in [1.82, 2.24) is 9.97 Å². The number of nitrogens with one attached hydrogen (secondary N) is 2. The number of benzene rings is 3. The number of amides is 1. The Morgan fingerprint density at radius 1 is 1.00 bits per heavy atom. The van der Waals surface area contributed by atoms with Gasteiger partial charge in [-0.1, -0.05) is 41.9 Å². The number of aromatic nitrogens is 2. The molecule has 0 bridgehead atoms. The smallest absolute Gasteiger partial charge is 0.291 e. The van der Waals surface area contributed by atoms with Crippen LogP contribution in [0.2, 0.25) is 5.02 Å². The predicted octanol–water partition coefficient (Wildman–Crippen LogP) is 5.70. The summed E-state index contributed by atoms with van der Waals surface area (Å²) < 4.78 is 30.8. The third kappa shape index (κ3) is 4.33. The largest absolute Gasteiger partial charge is 0.459 e. The van der Waals surface area contributed by atoms with Crippen molar-refractivity contribution in [3.63, 3.8) is 0 Å². The van der Waals surface area contributed by atoms with Gasteiger partial charge in [0.25, 0.3) is 5.91 Å². The monoisotopic (exact) mass is 491 g/mol. The highest BCUT2D eigenvalue weighted by Crippen LogP contribution is 2.28. The maximum atomic E-state index is 12.9. The molecule has 3 aromatic carbocycles. The van der Waals surface area contributed by atoms with Crippen LogP contribution in [0, 0.1) is 0 Å². The number of furan rings is 1. The number of nitrogens with zero attached hydrogens (tertiary/aromatic N) is 1. The second-order valence-electron chi connectivity index (χ2n) is 7.60. The minimum absolute atomic E-state index is 0.0547. The van der Waals surface area contributed by atoms with E-state index in [9.17, 15) is 13.2 Å². The molecule has 0 fully saturated rings. The molecule has 170 valence electrons. The van der Waals surface area contributed by atoms with Gasteiger partial charge in [-0.15, -0.1) is 0 Å². The molecule has 2 heterocycles. The van der Waals surface area contributed by atoms with E-state index in [4.69, 9.17) is 16.0 Å². The molecule has 0 atom stereocenters. The van der Waals surface area contributed by atoms with E-state index in [1.165, 1.54) is 24.5 Å². The lowest BCUT2D eigenvalue weighted by Gasteiger charge is -2.07. The molecule has 0 aliphatic rings. The molecule has 0 unspecified atom stereocenters. The summed E-state index contributed by atoms with van der Waals surface area (Å²) in [6.07, 6.45) is 1.30. The molecule has 0 radical (unpaired) electrons. The number of hydrogen-bond acceptors (Lipinski definition) is 5. The van der Waals surface area contributed by atoms with Gasteiger partial charge in [-0.25, -0.2) is 13.4 Å². The van der Waals surface area contributed by atoms with E-state index in [0.29, 0.717) is 27.6 Å². The number of sulfone groups is 1. The molecule has 5 aromatic rings. The van der Waals surface area contributed by atoms with Gasteiger partial charge in [-0.05, 0) is 48.5 Å². The third-order valence-corrected chi connectivity index (χ3v) is 7.28. The van der Waals surface area contributed by atoms with E-state index in [0.717, 1.165) is 5.56 Å². The summed E-state index contributed by atoms with van der Waals surface area (Å²) in [6.45, 7) is 0. The van der Waals surface area contributed by atoms with Gasteiger partial charge in [0.05, 0.1) is 33.0 Å². The Kier molecular flexibility index (Phi) is 5.69. The van der Waals surface area contributed by atoms with Crippen LogP contribution < -0.4 is 5.32 Å². The summed E-state index contributed by atoms with van der Waals surface area (Å²) in [7, 11) is -3.63. The topological polar surface area (TPSA) is 105 Å². The Labute approximate surface area is 200 Å². The van der Waals surface area contributed by atoms with Crippen molar-refractivity contribution >= 4 is 44.1 Å². The van der Waals surface area contributed by atoms with Crippen molar-refractivity contribution in [3.05, 3.63) is 101 Å². The summed E-state index contributed by atoms with van der Waals surface area (Å²) in [4.78, 5) is 20.8. The fraction of sp³-hybridized carbons (Fsp3) is 0.0400. The fourth-order valence-corrected chi connectivity index (χ4v) is 5.22. The van der Waals surface area contributed by atoms with Crippen LogP contribution in [0.5, 0.6) is 0 Å². The summed E-state index contributed by atoms with van der Waals surface area (Å²) >= 11 is 6.27. The van der Waals surface area contributed by atoms with Crippen molar-refractivity contribution in [3.8, 4) is 11.4 Å². The van der Waals surface area contributed by atoms with Crippen molar-refractivity contribution in [1.29, 1.82) is 0 Å². The summed E-state index contributed by atoms with van der Waals surface area (Å²) in [5.41, 5.74) is 2.97. The van der Waals surface area contributed by atoms with Crippen molar-refractivity contribution in [2.75, 3.05) is 5.32 Å². The quantitative estimate of drug-likeness (QED) is 0.317. The first-order chi connectivity index (χ1) is 16.4. The molecule has 0 aliphatic carbocycles. The average Bonchev–Trinajstić information content (AvgIpc) is 3.46. The maximum Gasteiger partial charge on any atom is 0.291 e. The second-order valence-corrected chi connectivity index (χ2v) is 10.00. The normalized spacial score (nSPS) is 11.6. The van der Waals surface area contributed by atoms with Crippen LogP contribution in [0.1, 0.15) is 16.1 Å². The lowest BCUT2D eigenvalue weighted by Crippen LogP contribution is -2.14. The molecule has 0 spiro atoms. The molecule has 0 saturated heterocycles. The van der Waals surface area contributed by atoms with E-state index in [2.05, 4.69) is 15.3 Å². The van der Waals surface area contributed by atoms with Crippen LogP contribution in [0.15, 0.2) is 94.4 Å². The number of imidazole rings is 1. The van der Waals surface area contributed by atoms with Crippen molar-refractivity contribution < 1.29 is 17.6 Å². The highest BCUT2D eigenvalue weighted by atomic mass is 35.5. The zero-order chi connectivity index (χ0) is 23.7. The van der Waals surface area contributed by atoms with Gasteiger partial charge in [0.1, 0.15) is 5.82 Å². The zero-order valence-electron chi connectivity index (χ0n) is 17.7. The van der Waals surface area contributed by atoms with Crippen LogP contribution >= 0.6 is 11.6 Å². The first-order valence-corrected chi connectivity index (χ1v) is 12.3. The number of hydrogen-bond donors (Lipinski definition) is 2. The highest BCUT2D eigenvalue weighted by Gasteiger charge is 2.22. The Hall–Kier alpha value is -3.88. The summed E-state index contributed by atoms with van der Waals surface area (Å²) in [5.74, 6) is -0.338. The highest BCUT2D eigenvalue weighted by molar-refractivity contribution is 7.90. The minimum Gasteiger partial charge on any atom is -0.459 e. The number of halogens is 1. The maximum absolute atomic E-state index is 12.9. The lowest BCUT2D eigenvalue weighted by molar-refractivity contribution is 0.0996. The summed E-state index contributed by atoms with van der Waals surface area (Å²) in [5, 5.41) is 3.34. The Morgan fingerprint density at radius 2 is 1.76 bits per heavy atom. The van der Waals surface area contributed by atoms with Gasteiger partial charge >= 0.3 is 0 Å². The van der Waals surface area contributed by atoms with Gasteiger partial charge in [-0.3, -0.25) is 4.79 Å². The number of fused-ring (bicyclic) bond motifs is 1. The average molecular weight is 492 g/mol. The molecule has 5 rings (SSSR count). The number of carbonyl (C=O) groups is 1. The van der Waals surface area contributed by atoms with Crippen LogP contribution in [0.25, 0.3) is 22.4 Å². The SMILES string of the molecule is O=C(Nc1ccc2nc(-c3ccccc3Cl)[nH]c2c1)c1occc1CS(=O)(=O)c1ccccc1. The van der Waals surface area contributed by atoms with E-state index in [-0.39, 0.29) is 22.0 Å². The Bertz CT molecular complexity index is 1610. The van der Waals surface area contributed by atoms with Crippen molar-refractivity contribution in [2.45, 2.75) is 10.6 Å². The van der Waals surface area contributed by atoms with Crippen LogP contribution in [0.4, 0.5) is 5.69 Å².